The Morgan fingerprint density at radius 2 is 2.27 bits per heavy atom. The minimum absolute atomic E-state index is 0.0441. The molecule has 15 heavy (non-hydrogen) atoms. The first-order valence-electron chi connectivity index (χ1n) is 4.67. The van der Waals surface area contributed by atoms with Crippen molar-refractivity contribution in [2.24, 2.45) is 0 Å². The topological polar surface area (TPSA) is 26.3 Å². The van der Waals surface area contributed by atoms with E-state index in [4.69, 9.17) is 4.74 Å². The van der Waals surface area contributed by atoms with Crippen molar-refractivity contribution < 1.29 is 13.9 Å². The first-order chi connectivity index (χ1) is 7.13. The summed E-state index contributed by atoms with van der Waals surface area (Å²) in [6.45, 7) is 2.35. The third kappa shape index (κ3) is 4.10. The Morgan fingerprint density at radius 3 is 2.93 bits per heavy atom. The molecule has 82 valence electrons. The van der Waals surface area contributed by atoms with Gasteiger partial charge in [-0.25, -0.2) is 4.39 Å². The SMILES string of the molecule is CCOCC(=O)Cc1cc(Br)ccc1F. The Balaban J connectivity index is 2.63. The quantitative estimate of drug-likeness (QED) is 0.826. The molecule has 2 nitrogen and oxygen atoms in total. The minimum atomic E-state index is -0.358. The molecule has 0 radical (unpaired) electrons. The van der Waals surface area contributed by atoms with Crippen molar-refractivity contribution in [1.29, 1.82) is 0 Å². The van der Waals surface area contributed by atoms with Crippen LogP contribution in [-0.4, -0.2) is 19.0 Å². The molecule has 0 amide bonds. The lowest BCUT2D eigenvalue weighted by Gasteiger charge is -2.03. The van der Waals surface area contributed by atoms with Crippen molar-refractivity contribution in [2.75, 3.05) is 13.2 Å². The highest BCUT2D eigenvalue weighted by Gasteiger charge is 2.08. The molecule has 0 aromatic heterocycles. The second-order valence-electron chi connectivity index (χ2n) is 3.09. The number of ether oxygens (including phenoxy) is 1. The molecule has 0 heterocycles. The average molecular weight is 275 g/mol. The summed E-state index contributed by atoms with van der Waals surface area (Å²) in [4.78, 5) is 11.3. The second-order valence-corrected chi connectivity index (χ2v) is 4.00. The lowest BCUT2D eigenvalue weighted by atomic mass is 10.1. The van der Waals surface area contributed by atoms with Crippen molar-refractivity contribution in [3.8, 4) is 0 Å². The van der Waals surface area contributed by atoms with Gasteiger partial charge in [0, 0.05) is 17.5 Å². The van der Waals surface area contributed by atoms with Gasteiger partial charge in [0.15, 0.2) is 5.78 Å². The maximum atomic E-state index is 13.2. The van der Waals surface area contributed by atoms with Crippen LogP contribution in [0.2, 0.25) is 0 Å². The Labute approximate surface area is 96.6 Å². The van der Waals surface area contributed by atoms with Crippen LogP contribution in [0.3, 0.4) is 0 Å². The van der Waals surface area contributed by atoms with Gasteiger partial charge in [-0.05, 0) is 30.7 Å². The predicted octanol–water partition coefficient (Wildman–Crippen LogP) is 2.74. The average Bonchev–Trinajstić information content (AvgIpc) is 2.20. The maximum absolute atomic E-state index is 13.2. The van der Waals surface area contributed by atoms with E-state index in [-0.39, 0.29) is 24.6 Å². The van der Waals surface area contributed by atoms with Crippen LogP contribution in [0.5, 0.6) is 0 Å². The smallest absolute Gasteiger partial charge is 0.162 e. The normalized spacial score (nSPS) is 10.3. The molecule has 0 saturated heterocycles. The molecule has 0 atom stereocenters. The van der Waals surface area contributed by atoms with Crippen LogP contribution in [0.1, 0.15) is 12.5 Å². The Kier molecular flexibility index (Phi) is 4.91. The molecule has 0 fully saturated rings. The van der Waals surface area contributed by atoms with Gasteiger partial charge in [-0.1, -0.05) is 15.9 Å². The molecular weight excluding hydrogens is 263 g/mol. The number of carbonyl (C=O) groups is 1. The van der Waals surface area contributed by atoms with E-state index in [1.807, 2.05) is 6.92 Å². The van der Waals surface area contributed by atoms with Crippen LogP contribution in [0.15, 0.2) is 22.7 Å². The molecule has 0 aliphatic rings. The molecule has 1 rings (SSSR count). The van der Waals surface area contributed by atoms with Gasteiger partial charge in [0.05, 0.1) is 0 Å². The van der Waals surface area contributed by atoms with E-state index in [1.165, 1.54) is 6.07 Å². The largest absolute Gasteiger partial charge is 0.374 e. The van der Waals surface area contributed by atoms with Gasteiger partial charge in [0.1, 0.15) is 12.4 Å². The first kappa shape index (κ1) is 12.3. The van der Waals surface area contributed by atoms with Crippen molar-refractivity contribution in [3.05, 3.63) is 34.1 Å². The van der Waals surface area contributed by atoms with E-state index in [1.54, 1.807) is 12.1 Å². The summed E-state index contributed by atoms with van der Waals surface area (Å²) in [5, 5.41) is 0. The number of rotatable bonds is 5. The van der Waals surface area contributed by atoms with Gasteiger partial charge in [-0.2, -0.15) is 0 Å². The third-order valence-corrected chi connectivity index (χ3v) is 2.36. The summed E-state index contributed by atoms with van der Waals surface area (Å²) in [5.41, 5.74) is 0.397. The lowest BCUT2D eigenvalue weighted by molar-refractivity contribution is -0.122. The standard InChI is InChI=1S/C11H12BrFO2/c1-2-15-7-10(14)6-8-5-9(12)3-4-11(8)13/h3-5H,2,6-7H2,1H3. The summed E-state index contributed by atoms with van der Waals surface area (Å²) in [5.74, 6) is -0.475. The molecule has 4 heteroatoms. The highest BCUT2D eigenvalue weighted by atomic mass is 79.9. The lowest BCUT2D eigenvalue weighted by Crippen LogP contribution is -2.12. The summed E-state index contributed by atoms with van der Waals surface area (Å²) >= 11 is 3.23. The Morgan fingerprint density at radius 1 is 1.53 bits per heavy atom. The van der Waals surface area contributed by atoms with Crippen molar-refractivity contribution >= 4 is 21.7 Å². The highest BCUT2D eigenvalue weighted by Crippen LogP contribution is 2.16. The van der Waals surface area contributed by atoms with Crippen LogP contribution in [0.25, 0.3) is 0 Å². The van der Waals surface area contributed by atoms with Crippen molar-refractivity contribution in [1.82, 2.24) is 0 Å². The molecule has 0 N–H and O–H groups in total. The number of halogens is 2. The fourth-order valence-corrected chi connectivity index (χ4v) is 1.57. The number of Topliss-reactive ketones (excluding diaryl/α,β-unsaturated/α-hetero) is 1. The minimum Gasteiger partial charge on any atom is -0.374 e. The van der Waals surface area contributed by atoms with E-state index in [0.717, 1.165) is 4.47 Å². The molecule has 0 aliphatic carbocycles. The summed E-state index contributed by atoms with van der Waals surface area (Å²) in [6, 6.07) is 4.55. The van der Waals surface area contributed by atoms with Crippen LogP contribution >= 0.6 is 15.9 Å². The predicted molar refractivity (Wildman–Crippen MR) is 59.3 cm³/mol. The van der Waals surface area contributed by atoms with Gasteiger partial charge in [0.2, 0.25) is 0 Å². The van der Waals surface area contributed by atoms with Gasteiger partial charge in [-0.15, -0.1) is 0 Å². The number of benzene rings is 1. The summed E-state index contributed by atoms with van der Waals surface area (Å²) in [6.07, 6.45) is 0.0747. The summed E-state index contributed by atoms with van der Waals surface area (Å²) < 4.78 is 19.0. The molecule has 0 saturated carbocycles. The van der Waals surface area contributed by atoms with Crippen LogP contribution in [-0.2, 0) is 16.0 Å². The van der Waals surface area contributed by atoms with E-state index in [2.05, 4.69) is 15.9 Å². The van der Waals surface area contributed by atoms with Crippen molar-refractivity contribution in [2.45, 2.75) is 13.3 Å². The molecule has 0 aliphatic heterocycles. The molecule has 0 spiro atoms. The van der Waals surface area contributed by atoms with Gasteiger partial charge < -0.3 is 4.74 Å². The Bertz CT molecular complexity index is 352. The molecule has 0 unspecified atom stereocenters. The van der Waals surface area contributed by atoms with E-state index in [9.17, 15) is 9.18 Å². The monoisotopic (exact) mass is 274 g/mol. The van der Waals surface area contributed by atoms with Gasteiger partial charge in [-0.3, -0.25) is 4.79 Å². The number of carbonyl (C=O) groups excluding carboxylic acids is 1. The fraction of sp³-hybridized carbons (Fsp3) is 0.364. The molecular formula is C11H12BrFO2. The number of hydrogen-bond donors (Lipinski definition) is 0. The zero-order chi connectivity index (χ0) is 11.3. The van der Waals surface area contributed by atoms with E-state index < -0.39 is 0 Å². The molecule has 0 bridgehead atoms. The van der Waals surface area contributed by atoms with Crippen LogP contribution in [0.4, 0.5) is 4.39 Å². The van der Waals surface area contributed by atoms with E-state index >= 15 is 0 Å². The molecule has 1 aromatic carbocycles. The van der Waals surface area contributed by atoms with Crippen molar-refractivity contribution in [3.63, 3.8) is 0 Å². The summed E-state index contributed by atoms with van der Waals surface area (Å²) in [7, 11) is 0. The zero-order valence-corrected chi connectivity index (χ0v) is 10.0. The van der Waals surface area contributed by atoms with Crippen LogP contribution < -0.4 is 0 Å². The number of ketones is 1. The molecule has 1 aromatic rings. The van der Waals surface area contributed by atoms with E-state index in [0.29, 0.717) is 12.2 Å². The van der Waals surface area contributed by atoms with Crippen LogP contribution in [0, 0.1) is 5.82 Å². The highest BCUT2D eigenvalue weighted by molar-refractivity contribution is 9.10. The zero-order valence-electron chi connectivity index (χ0n) is 8.43. The number of hydrogen-bond acceptors (Lipinski definition) is 2. The second kappa shape index (κ2) is 5.98. The Hall–Kier alpha value is -0.740. The first-order valence-corrected chi connectivity index (χ1v) is 5.46. The third-order valence-electron chi connectivity index (χ3n) is 1.86. The fourth-order valence-electron chi connectivity index (χ4n) is 1.16. The maximum Gasteiger partial charge on any atom is 0.162 e. The van der Waals surface area contributed by atoms with Gasteiger partial charge >= 0.3 is 0 Å². The van der Waals surface area contributed by atoms with Gasteiger partial charge in [0.25, 0.3) is 0 Å².